The number of fused-ring (bicyclic) bond motifs is 1. The molecule has 0 fully saturated rings. The fourth-order valence-electron chi connectivity index (χ4n) is 2.51. The maximum atomic E-state index is 12.8. The van der Waals surface area contributed by atoms with Gasteiger partial charge in [0.15, 0.2) is 0 Å². The number of amides is 2. The lowest BCUT2D eigenvalue weighted by Gasteiger charge is -2.26. The minimum atomic E-state index is -0.824. The van der Waals surface area contributed by atoms with Crippen LogP contribution in [-0.2, 0) is 4.79 Å². The van der Waals surface area contributed by atoms with Crippen LogP contribution in [0.4, 0.5) is 10.6 Å². The lowest BCUT2D eigenvalue weighted by atomic mass is 10.1. The first kappa shape index (κ1) is 20.4. The molecule has 1 unspecified atom stereocenters. The van der Waals surface area contributed by atoms with E-state index < -0.39 is 5.97 Å². The van der Waals surface area contributed by atoms with Crippen LogP contribution in [-0.4, -0.2) is 39.7 Å². The average molecular weight is 397 g/mol. The van der Waals surface area contributed by atoms with E-state index in [1.165, 1.54) is 11.3 Å². The van der Waals surface area contributed by atoms with Crippen molar-refractivity contribution in [3.8, 4) is 0 Å². The van der Waals surface area contributed by atoms with E-state index in [1.807, 2.05) is 26.8 Å². The van der Waals surface area contributed by atoms with Gasteiger partial charge in [0.05, 0.1) is 0 Å². The van der Waals surface area contributed by atoms with Crippen LogP contribution in [0.3, 0.4) is 0 Å². The van der Waals surface area contributed by atoms with Crippen molar-refractivity contribution in [2.45, 2.75) is 50.4 Å². The number of nitrogens with zero attached hydrogens (tertiary/aromatic N) is 3. The topological polar surface area (TPSA) is 95.4 Å². The molecular formula is C17H24N4O3S2. The summed E-state index contributed by atoms with van der Waals surface area (Å²) in [5.41, 5.74) is 0.760. The molecule has 2 aromatic rings. The number of aliphatic carboxylic acids is 1. The summed E-state index contributed by atoms with van der Waals surface area (Å²) in [6.07, 6.45) is 1.24. The highest BCUT2D eigenvalue weighted by molar-refractivity contribution is 7.82. The number of carbonyl (C=O) groups excluding carboxylic acids is 1. The fourth-order valence-corrected chi connectivity index (χ4v) is 3.55. The second kappa shape index (κ2) is 9.18. The van der Waals surface area contributed by atoms with Crippen LogP contribution in [0.5, 0.6) is 0 Å². The van der Waals surface area contributed by atoms with Crippen molar-refractivity contribution in [3.63, 3.8) is 0 Å². The third kappa shape index (κ3) is 5.84. The molecule has 0 saturated carbocycles. The molecule has 26 heavy (non-hydrogen) atoms. The second-order valence-corrected chi connectivity index (χ2v) is 8.33. The Kier molecular flexibility index (Phi) is 7.22. The molecule has 0 radical (unpaired) electrons. The van der Waals surface area contributed by atoms with Gasteiger partial charge >= 0.3 is 12.0 Å². The number of rotatable bonds is 8. The molecular weight excluding hydrogens is 372 g/mol. The number of nitrogens with one attached hydrogen (secondary N) is 1. The maximum Gasteiger partial charge on any atom is 0.323 e. The van der Waals surface area contributed by atoms with E-state index in [-0.39, 0.29) is 24.4 Å². The number of anilines is 1. The smallest absolute Gasteiger partial charge is 0.323 e. The normalized spacial score (nSPS) is 12.3. The number of thiol groups is 1. The van der Waals surface area contributed by atoms with Gasteiger partial charge in [0, 0.05) is 19.0 Å². The van der Waals surface area contributed by atoms with Crippen molar-refractivity contribution in [1.29, 1.82) is 0 Å². The summed E-state index contributed by atoms with van der Waals surface area (Å²) < 4.78 is 0.636. The van der Waals surface area contributed by atoms with Crippen LogP contribution >= 0.6 is 24.0 Å². The highest BCUT2D eigenvalue weighted by atomic mass is 32.2. The number of pyridine rings is 1. The molecule has 0 aromatic carbocycles. The SMILES string of the molecule is CC(C)CN(C(=O)NC(C)CCCC(=O)O)c1ccc2nc(S)sc2n1. The number of aromatic nitrogens is 2. The summed E-state index contributed by atoms with van der Waals surface area (Å²) in [7, 11) is 0. The molecule has 2 amide bonds. The molecule has 2 heterocycles. The van der Waals surface area contributed by atoms with E-state index in [1.54, 1.807) is 11.0 Å². The third-order valence-corrected chi connectivity index (χ3v) is 4.84. The molecule has 2 rings (SSSR count). The Morgan fingerprint density at radius 1 is 1.31 bits per heavy atom. The number of urea groups is 1. The molecule has 0 bridgehead atoms. The van der Waals surface area contributed by atoms with Crippen LogP contribution < -0.4 is 10.2 Å². The molecule has 0 spiro atoms. The molecule has 1 atom stereocenters. The minimum absolute atomic E-state index is 0.103. The van der Waals surface area contributed by atoms with E-state index in [4.69, 9.17) is 5.11 Å². The van der Waals surface area contributed by atoms with Gasteiger partial charge in [0.25, 0.3) is 0 Å². The lowest BCUT2D eigenvalue weighted by Crippen LogP contribution is -2.45. The Morgan fingerprint density at radius 2 is 2.04 bits per heavy atom. The van der Waals surface area contributed by atoms with E-state index in [0.717, 1.165) is 10.3 Å². The Bertz CT molecular complexity index is 778. The van der Waals surface area contributed by atoms with Gasteiger partial charge in [-0.25, -0.2) is 14.8 Å². The van der Waals surface area contributed by atoms with Crippen molar-refractivity contribution in [2.24, 2.45) is 5.92 Å². The molecule has 2 N–H and O–H groups in total. The summed E-state index contributed by atoms with van der Waals surface area (Å²) in [6, 6.07) is 3.27. The summed E-state index contributed by atoms with van der Waals surface area (Å²) in [5.74, 6) is 0.0106. The van der Waals surface area contributed by atoms with Gasteiger partial charge in [0.2, 0.25) is 0 Å². The monoisotopic (exact) mass is 396 g/mol. The van der Waals surface area contributed by atoms with E-state index in [2.05, 4.69) is 27.9 Å². The summed E-state index contributed by atoms with van der Waals surface area (Å²) in [4.78, 5) is 34.6. The Hall–Kier alpha value is -1.87. The van der Waals surface area contributed by atoms with Gasteiger partial charge in [-0.05, 0) is 37.8 Å². The number of carboxylic acids is 1. The van der Waals surface area contributed by atoms with E-state index in [9.17, 15) is 9.59 Å². The molecule has 0 aliphatic carbocycles. The average Bonchev–Trinajstić information content (AvgIpc) is 2.90. The molecule has 9 heteroatoms. The van der Waals surface area contributed by atoms with Gasteiger partial charge in [-0.1, -0.05) is 25.2 Å². The lowest BCUT2D eigenvalue weighted by molar-refractivity contribution is -0.137. The number of hydrogen-bond acceptors (Lipinski definition) is 6. The second-order valence-electron chi connectivity index (χ2n) is 6.63. The zero-order chi connectivity index (χ0) is 19.3. The number of carboxylic acid groups (broad SMARTS) is 1. The van der Waals surface area contributed by atoms with Crippen LogP contribution in [0, 0.1) is 5.92 Å². The molecule has 142 valence electrons. The summed E-state index contributed by atoms with van der Waals surface area (Å²) in [5, 5.41) is 11.7. The Balaban J connectivity index is 2.11. The first-order chi connectivity index (χ1) is 12.3. The quantitative estimate of drug-likeness (QED) is 0.590. The molecule has 7 nitrogen and oxygen atoms in total. The van der Waals surface area contributed by atoms with Gasteiger partial charge in [-0.2, -0.15) is 0 Å². The van der Waals surface area contributed by atoms with Crippen molar-refractivity contribution >= 4 is 52.1 Å². The zero-order valence-electron chi connectivity index (χ0n) is 15.1. The molecule has 0 saturated heterocycles. The predicted molar refractivity (Wildman–Crippen MR) is 106 cm³/mol. The van der Waals surface area contributed by atoms with Gasteiger partial charge < -0.3 is 10.4 Å². The zero-order valence-corrected chi connectivity index (χ0v) is 16.8. The first-order valence-corrected chi connectivity index (χ1v) is 9.79. The Labute approximate surface area is 162 Å². The van der Waals surface area contributed by atoms with Crippen LogP contribution in [0.2, 0.25) is 0 Å². The van der Waals surface area contributed by atoms with Gasteiger partial charge in [-0.3, -0.25) is 9.69 Å². The van der Waals surface area contributed by atoms with Crippen LogP contribution in [0.15, 0.2) is 16.5 Å². The van der Waals surface area contributed by atoms with Gasteiger partial charge in [0.1, 0.15) is 20.5 Å². The highest BCUT2D eigenvalue weighted by Crippen LogP contribution is 2.25. The van der Waals surface area contributed by atoms with Crippen molar-refractivity contribution < 1.29 is 14.7 Å². The number of thiazole rings is 1. The maximum absolute atomic E-state index is 12.8. The Morgan fingerprint density at radius 3 is 2.69 bits per heavy atom. The predicted octanol–water partition coefficient (Wildman–Crippen LogP) is 3.80. The number of carbonyl (C=O) groups is 2. The summed E-state index contributed by atoms with van der Waals surface area (Å²) >= 11 is 5.62. The van der Waals surface area contributed by atoms with Crippen molar-refractivity contribution in [1.82, 2.24) is 15.3 Å². The van der Waals surface area contributed by atoms with Crippen molar-refractivity contribution in [3.05, 3.63) is 12.1 Å². The number of hydrogen-bond donors (Lipinski definition) is 3. The molecule has 0 aliphatic rings. The standard InChI is InChI=1S/C17H24N4O3S2/c1-10(2)9-21(16(24)18-11(3)5-4-6-14(22)23)13-8-7-12-15(20-13)26-17(25)19-12/h7-8,10-11H,4-6,9H2,1-3H3,(H,18,24)(H,19,25)(H,22,23). The van der Waals surface area contributed by atoms with Crippen LogP contribution in [0.1, 0.15) is 40.0 Å². The van der Waals surface area contributed by atoms with E-state index >= 15 is 0 Å². The van der Waals surface area contributed by atoms with Crippen molar-refractivity contribution in [2.75, 3.05) is 11.4 Å². The minimum Gasteiger partial charge on any atom is -0.481 e. The van der Waals surface area contributed by atoms with E-state index in [0.29, 0.717) is 29.5 Å². The van der Waals surface area contributed by atoms with Crippen LogP contribution in [0.25, 0.3) is 10.3 Å². The fraction of sp³-hybridized carbons (Fsp3) is 0.529. The third-order valence-electron chi connectivity index (χ3n) is 3.70. The van der Waals surface area contributed by atoms with Gasteiger partial charge in [-0.15, -0.1) is 12.6 Å². The highest BCUT2D eigenvalue weighted by Gasteiger charge is 2.21. The molecule has 0 aliphatic heterocycles. The first-order valence-electron chi connectivity index (χ1n) is 8.52. The molecule has 2 aromatic heterocycles. The largest absolute Gasteiger partial charge is 0.481 e. The summed E-state index contributed by atoms with van der Waals surface area (Å²) in [6.45, 7) is 6.47.